The lowest BCUT2D eigenvalue weighted by Crippen LogP contribution is -2.38. The number of anilines is 1. The van der Waals surface area contributed by atoms with Crippen molar-refractivity contribution in [3.8, 4) is 0 Å². The van der Waals surface area contributed by atoms with Crippen molar-refractivity contribution in [1.82, 2.24) is 0 Å². The maximum Gasteiger partial charge on any atom is 0.497 e. The number of benzene rings is 1. The second-order valence-electron chi connectivity index (χ2n) is 3.23. The van der Waals surface area contributed by atoms with Gasteiger partial charge in [-0.1, -0.05) is 6.07 Å². The Labute approximate surface area is 85.8 Å². The summed E-state index contributed by atoms with van der Waals surface area (Å²) in [5.74, 6) is -0.527. The molecule has 0 fully saturated rings. The Bertz CT molecular complexity index is 326. The molecule has 0 unspecified atom stereocenters. The smallest absolute Gasteiger partial charge is 0.448 e. The third-order valence-corrected chi connectivity index (χ3v) is 1.98. The molecule has 15 heavy (non-hydrogen) atoms. The van der Waals surface area contributed by atoms with Crippen LogP contribution in [0.1, 0.15) is 6.92 Å². The fourth-order valence-corrected chi connectivity index (χ4v) is 1.34. The number of nitrogens with zero attached hydrogens (tertiary/aromatic N) is 1. The summed E-state index contributed by atoms with van der Waals surface area (Å²) >= 11 is 0. The Morgan fingerprint density at radius 2 is 1.93 bits per heavy atom. The van der Waals surface area contributed by atoms with E-state index < -0.39 is 19.2 Å². The summed E-state index contributed by atoms with van der Waals surface area (Å²) in [6, 6.07) is 5.17. The van der Waals surface area contributed by atoms with Crippen LogP contribution >= 0.6 is 0 Å². The molecule has 0 amide bonds. The van der Waals surface area contributed by atoms with Crippen molar-refractivity contribution in [2.75, 3.05) is 17.9 Å². The van der Waals surface area contributed by atoms with Crippen LogP contribution < -0.4 is 4.90 Å². The van der Waals surface area contributed by atoms with E-state index in [0.29, 0.717) is 0 Å². The van der Waals surface area contributed by atoms with Gasteiger partial charge in [0, 0.05) is 12.2 Å². The van der Waals surface area contributed by atoms with Crippen molar-refractivity contribution in [2.45, 2.75) is 6.92 Å². The predicted molar refractivity (Wildman–Crippen MR) is 53.4 cm³/mol. The lowest BCUT2D eigenvalue weighted by Gasteiger charge is -2.28. The highest BCUT2D eigenvalue weighted by Gasteiger charge is 2.26. The molecule has 1 nitrogen and oxygen atoms in total. The van der Waals surface area contributed by atoms with Gasteiger partial charge in [0.15, 0.2) is 0 Å². The molecule has 0 saturated heterocycles. The second-order valence-corrected chi connectivity index (χ2v) is 3.23. The van der Waals surface area contributed by atoms with E-state index >= 15 is 0 Å². The van der Waals surface area contributed by atoms with Gasteiger partial charge in [-0.2, -0.15) is 0 Å². The molecule has 0 saturated carbocycles. The summed E-state index contributed by atoms with van der Waals surface area (Å²) in [5, 5.41) is 0. The monoisotopic (exact) mass is 220 g/mol. The molecule has 0 N–H and O–H groups in total. The molecule has 1 aromatic carbocycles. The molecule has 1 aromatic rings. The van der Waals surface area contributed by atoms with Crippen LogP contribution in [-0.4, -0.2) is 20.0 Å². The zero-order valence-electron chi connectivity index (χ0n) is 8.26. The van der Waals surface area contributed by atoms with E-state index in [2.05, 4.69) is 0 Å². The fraction of sp³-hybridized carbons (Fsp3) is 0.333. The van der Waals surface area contributed by atoms with E-state index in [0.717, 1.165) is 11.0 Å². The Morgan fingerprint density at radius 1 is 1.27 bits per heavy atom. The Kier molecular flexibility index (Phi) is 3.60. The molecule has 0 aliphatic heterocycles. The molecule has 0 atom stereocenters. The van der Waals surface area contributed by atoms with E-state index in [1.54, 1.807) is 6.92 Å². The molecular weight excluding hydrogens is 209 g/mol. The van der Waals surface area contributed by atoms with Gasteiger partial charge in [-0.3, -0.25) is 0 Å². The average molecular weight is 220 g/mol. The van der Waals surface area contributed by atoms with E-state index in [1.807, 2.05) is 0 Å². The molecule has 0 heterocycles. The summed E-state index contributed by atoms with van der Waals surface area (Å²) in [7, 11) is 0. The second kappa shape index (κ2) is 4.55. The molecule has 0 aliphatic carbocycles. The average Bonchev–Trinajstić information content (AvgIpc) is 2.13. The number of hydrogen-bond donors (Lipinski definition) is 0. The molecule has 0 aromatic heterocycles. The first-order valence-electron chi connectivity index (χ1n) is 4.64. The van der Waals surface area contributed by atoms with Crippen LogP contribution in [0.15, 0.2) is 24.3 Å². The van der Waals surface area contributed by atoms with Gasteiger partial charge in [0.1, 0.15) is 5.82 Å². The van der Waals surface area contributed by atoms with Gasteiger partial charge in [-0.15, -0.1) is 0 Å². The van der Waals surface area contributed by atoms with Crippen molar-refractivity contribution < 1.29 is 17.3 Å². The summed E-state index contributed by atoms with van der Waals surface area (Å²) in [6.07, 6.45) is -1.00. The molecule has 0 aliphatic rings. The van der Waals surface area contributed by atoms with Crippen molar-refractivity contribution in [3.05, 3.63) is 30.1 Å². The standard InChI is InChI=1S/C9H11BF4N/c1-2-15(7-10(12,13)14)9-5-3-4-8(11)6-9/h3-6H,2,7H2,1H3/q-1. The van der Waals surface area contributed by atoms with Crippen molar-refractivity contribution >= 4 is 12.7 Å². The van der Waals surface area contributed by atoms with Crippen LogP contribution in [0, 0.1) is 5.82 Å². The summed E-state index contributed by atoms with van der Waals surface area (Å²) in [5.41, 5.74) is 0.261. The van der Waals surface area contributed by atoms with E-state index in [4.69, 9.17) is 0 Å². The van der Waals surface area contributed by atoms with Crippen LogP contribution in [0.2, 0.25) is 0 Å². The minimum Gasteiger partial charge on any atom is -0.448 e. The van der Waals surface area contributed by atoms with E-state index in [-0.39, 0.29) is 12.2 Å². The Balaban J connectivity index is 2.83. The van der Waals surface area contributed by atoms with E-state index in [9.17, 15) is 17.3 Å². The van der Waals surface area contributed by atoms with Gasteiger partial charge >= 0.3 is 6.98 Å². The molecular formula is C9H11BF4N-. The third-order valence-electron chi connectivity index (χ3n) is 1.98. The topological polar surface area (TPSA) is 3.24 Å². The molecule has 0 bridgehead atoms. The van der Waals surface area contributed by atoms with Gasteiger partial charge in [0.25, 0.3) is 0 Å². The van der Waals surface area contributed by atoms with Crippen LogP contribution in [-0.2, 0) is 0 Å². The highest BCUT2D eigenvalue weighted by molar-refractivity contribution is 6.59. The molecule has 6 heteroatoms. The number of halogens is 4. The SMILES string of the molecule is CCN(C[B-](F)(F)F)c1cccc(F)c1. The van der Waals surface area contributed by atoms with Gasteiger partial charge in [-0.25, -0.2) is 4.39 Å². The van der Waals surface area contributed by atoms with Crippen molar-refractivity contribution in [3.63, 3.8) is 0 Å². The first-order valence-corrected chi connectivity index (χ1v) is 4.64. The summed E-state index contributed by atoms with van der Waals surface area (Å²) in [6.45, 7) is -3.09. The minimum absolute atomic E-state index is 0.199. The minimum atomic E-state index is -4.89. The zero-order chi connectivity index (χ0) is 11.5. The van der Waals surface area contributed by atoms with Gasteiger partial charge in [-0.05, 0) is 31.6 Å². The van der Waals surface area contributed by atoms with Crippen LogP contribution in [0.25, 0.3) is 0 Å². The Morgan fingerprint density at radius 3 is 2.40 bits per heavy atom. The number of rotatable bonds is 4. The number of hydrogen-bond acceptors (Lipinski definition) is 1. The van der Waals surface area contributed by atoms with E-state index in [1.165, 1.54) is 18.2 Å². The first-order chi connectivity index (χ1) is 6.92. The fourth-order valence-electron chi connectivity index (χ4n) is 1.34. The molecule has 0 spiro atoms. The maximum absolute atomic E-state index is 12.8. The van der Waals surface area contributed by atoms with Crippen LogP contribution in [0.3, 0.4) is 0 Å². The van der Waals surface area contributed by atoms with Gasteiger partial charge in [0.2, 0.25) is 0 Å². The van der Waals surface area contributed by atoms with Crippen molar-refractivity contribution in [2.24, 2.45) is 0 Å². The molecule has 0 radical (unpaired) electrons. The van der Waals surface area contributed by atoms with Gasteiger partial charge in [0.05, 0.1) is 0 Å². The normalized spacial score (nSPS) is 11.5. The van der Waals surface area contributed by atoms with Crippen LogP contribution in [0.4, 0.5) is 23.0 Å². The molecule has 84 valence electrons. The Hall–Kier alpha value is -1.20. The highest BCUT2D eigenvalue weighted by atomic mass is 19.4. The highest BCUT2D eigenvalue weighted by Crippen LogP contribution is 2.19. The summed E-state index contributed by atoms with van der Waals surface area (Å²) in [4.78, 5) is 1.10. The lowest BCUT2D eigenvalue weighted by atomic mass is 9.91. The lowest BCUT2D eigenvalue weighted by molar-refractivity contribution is 0.467. The van der Waals surface area contributed by atoms with Gasteiger partial charge < -0.3 is 17.8 Å². The predicted octanol–water partition coefficient (Wildman–Crippen LogP) is 3.04. The summed E-state index contributed by atoms with van der Waals surface area (Å²) < 4.78 is 49.4. The third kappa shape index (κ3) is 3.81. The molecule has 1 rings (SSSR count). The quantitative estimate of drug-likeness (QED) is 0.556. The zero-order valence-corrected chi connectivity index (χ0v) is 8.26. The van der Waals surface area contributed by atoms with Crippen molar-refractivity contribution in [1.29, 1.82) is 0 Å². The van der Waals surface area contributed by atoms with Crippen LogP contribution in [0.5, 0.6) is 0 Å². The maximum atomic E-state index is 12.8. The first kappa shape index (κ1) is 11.9. The largest absolute Gasteiger partial charge is 0.497 e.